The number of nitrogens with zero attached hydrogens (tertiary/aromatic N) is 2. The van der Waals surface area contributed by atoms with Gasteiger partial charge in [0, 0.05) is 16.6 Å². The third-order valence-corrected chi connectivity index (χ3v) is 3.54. The summed E-state index contributed by atoms with van der Waals surface area (Å²) >= 11 is 3.51. The molecule has 0 aliphatic rings. The number of halogens is 1. The first-order chi connectivity index (χ1) is 9.20. The van der Waals surface area contributed by atoms with Crippen LogP contribution in [0.4, 0.5) is 5.82 Å². The molecule has 0 amide bonds. The first-order valence-corrected chi connectivity index (χ1v) is 7.02. The second kappa shape index (κ2) is 6.63. The normalized spacial score (nSPS) is 12.2. The van der Waals surface area contributed by atoms with Crippen molar-refractivity contribution in [2.75, 3.05) is 18.4 Å². The number of rotatable bonds is 5. The van der Waals surface area contributed by atoms with Crippen LogP contribution in [0.5, 0.6) is 0 Å². The molecule has 3 N–H and O–H groups in total. The molecule has 2 aromatic rings. The van der Waals surface area contributed by atoms with E-state index in [4.69, 9.17) is 5.73 Å². The van der Waals surface area contributed by atoms with Crippen molar-refractivity contribution in [3.8, 4) is 11.3 Å². The van der Waals surface area contributed by atoms with Crippen LogP contribution in [0.15, 0.2) is 40.9 Å². The molecule has 0 fully saturated rings. The number of aromatic nitrogens is 2. The van der Waals surface area contributed by atoms with E-state index in [0.717, 1.165) is 28.1 Å². The standard InChI is InChI=1S/C14H17BrN4/c1-10(8-16)9-17-14-7-6-13(18-19-14)11-4-2-3-5-12(11)15/h2-7,10H,8-9,16H2,1H3,(H,17,19). The summed E-state index contributed by atoms with van der Waals surface area (Å²) in [6.45, 7) is 3.56. The van der Waals surface area contributed by atoms with E-state index in [1.807, 2.05) is 36.4 Å². The van der Waals surface area contributed by atoms with E-state index >= 15 is 0 Å². The zero-order chi connectivity index (χ0) is 13.7. The average Bonchev–Trinajstić information content (AvgIpc) is 2.46. The Hall–Kier alpha value is -1.46. The molecule has 0 radical (unpaired) electrons. The fourth-order valence-electron chi connectivity index (χ4n) is 1.60. The highest BCUT2D eigenvalue weighted by Crippen LogP contribution is 2.26. The molecule has 4 nitrogen and oxygen atoms in total. The monoisotopic (exact) mass is 320 g/mol. The van der Waals surface area contributed by atoms with Gasteiger partial charge in [-0.1, -0.05) is 41.1 Å². The predicted octanol–water partition coefficient (Wildman–Crippen LogP) is 2.91. The second-order valence-electron chi connectivity index (χ2n) is 4.51. The summed E-state index contributed by atoms with van der Waals surface area (Å²) in [5.74, 6) is 1.20. The molecule has 1 atom stereocenters. The first-order valence-electron chi connectivity index (χ1n) is 6.23. The number of nitrogens with two attached hydrogens (primary N) is 1. The lowest BCUT2D eigenvalue weighted by Gasteiger charge is -2.10. The van der Waals surface area contributed by atoms with Crippen molar-refractivity contribution in [3.05, 3.63) is 40.9 Å². The quantitative estimate of drug-likeness (QED) is 0.889. The van der Waals surface area contributed by atoms with Crippen molar-refractivity contribution in [2.45, 2.75) is 6.92 Å². The zero-order valence-corrected chi connectivity index (χ0v) is 12.4. The van der Waals surface area contributed by atoms with Crippen LogP contribution >= 0.6 is 15.9 Å². The minimum Gasteiger partial charge on any atom is -0.368 e. The zero-order valence-electron chi connectivity index (χ0n) is 10.8. The molecule has 0 aliphatic heterocycles. The molecule has 1 aromatic heterocycles. The molecule has 19 heavy (non-hydrogen) atoms. The van der Waals surface area contributed by atoms with Gasteiger partial charge in [0.05, 0.1) is 5.69 Å². The van der Waals surface area contributed by atoms with Crippen molar-refractivity contribution < 1.29 is 0 Å². The van der Waals surface area contributed by atoms with Crippen LogP contribution in [0, 0.1) is 5.92 Å². The molecule has 0 bridgehead atoms. The van der Waals surface area contributed by atoms with Crippen molar-refractivity contribution in [1.82, 2.24) is 10.2 Å². The molecule has 1 unspecified atom stereocenters. The lowest BCUT2D eigenvalue weighted by atomic mass is 10.1. The van der Waals surface area contributed by atoms with Gasteiger partial charge in [-0.25, -0.2) is 0 Å². The lowest BCUT2D eigenvalue weighted by Crippen LogP contribution is -2.20. The molecule has 1 aromatic carbocycles. The fraction of sp³-hybridized carbons (Fsp3) is 0.286. The summed E-state index contributed by atoms with van der Waals surface area (Å²) in [5.41, 5.74) is 7.46. The van der Waals surface area contributed by atoms with Crippen LogP contribution in [0.2, 0.25) is 0 Å². The predicted molar refractivity (Wildman–Crippen MR) is 81.9 cm³/mol. The number of nitrogens with one attached hydrogen (secondary N) is 1. The minimum atomic E-state index is 0.421. The molecule has 0 saturated carbocycles. The lowest BCUT2D eigenvalue weighted by molar-refractivity contribution is 0.626. The minimum absolute atomic E-state index is 0.421. The third-order valence-electron chi connectivity index (χ3n) is 2.85. The van der Waals surface area contributed by atoms with Gasteiger partial charge in [-0.05, 0) is 30.7 Å². The maximum absolute atomic E-state index is 5.57. The Morgan fingerprint density at radius 2 is 2.00 bits per heavy atom. The molecular formula is C14H17BrN4. The van der Waals surface area contributed by atoms with Gasteiger partial charge < -0.3 is 11.1 Å². The van der Waals surface area contributed by atoms with Gasteiger partial charge in [0.2, 0.25) is 0 Å². The number of hydrogen-bond donors (Lipinski definition) is 2. The molecule has 2 rings (SSSR count). The van der Waals surface area contributed by atoms with E-state index in [1.165, 1.54) is 0 Å². The Kier molecular flexibility index (Phi) is 4.87. The van der Waals surface area contributed by atoms with Crippen molar-refractivity contribution >= 4 is 21.7 Å². The summed E-state index contributed by atoms with van der Waals surface area (Å²) in [4.78, 5) is 0. The summed E-state index contributed by atoms with van der Waals surface area (Å²) in [5, 5.41) is 11.6. The number of anilines is 1. The van der Waals surface area contributed by atoms with Crippen LogP contribution < -0.4 is 11.1 Å². The Bertz CT molecular complexity index is 527. The second-order valence-corrected chi connectivity index (χ2v) is 5.36. The van der Waals surface area contributed by atoms with Crippen LogP contribution in [-0.4, -0.2) is 23.3 Å². The maximum atomic E-state index is 5.57. The van der Waals surface area contributed by atoms with E-state index < -0.39 is 0 Å². The van der Waals surface area contributed by atoms with E-state index in [9.17, 15) is 0 Å². The van der Waals surface area contributed by atoms with Gasteiger partial charge in [0.15, 0.2) is 0 Å². The summed E-state index contributed by atoms with van der Waals surface area (Å²) < 4.78 is 1.02. The van der Waals surface area contributed by atoms with E-state index in [2.05, 4.69) is 38.4 Å². The molecule has 0 spiro atoms. The molecule has 0 aliphatic carbocycles. The maximum Gasteiger partial charge on any atom is 0.148 e. The number of benzene rings is 1. The molecule has 1 heterocycles. The SMILES string of the molecule is CC(CN)CNc1ccc(-c2ccccc2Br)nn1. The van der Waals surface area contributed by atoms with E-state index in [0.29, 0.717) is 12.5 Å². The highest BCUT2D eigenvalue weighted by atomic mass is 79.9. The number of hydrogen-bond acceptors (Lipinski definition) is 4. The van der Waals surface area contributed by atoms with Gasteiger partial charge in [-0.3, -0.25) is 0 Å². The molecular weight excluding hydrogens is 304 g/mol. The average molecular weight is 321 g/mol. The van der Waals surface area contributed by atoms with Crippen LogP contribution in [-0.2, 0) is 0 Å². The highest BCUT2D eigenvalue weighted by Gasteiger charge is 2.05. The fourth-order valence-corrected chi connectivity index (χ4v) is 2.09. The summed E-state index contributed by atoms with van der Waals surface area (Å²) in [7, 11) is 0. The van der Waals surface area contributed by atoms with Gasteiger partial charge >= 0.3 is 0 Å². The van der Waals surface area contributed by atoms with Gasteiger partial charge in [-0.15, -0.1) is 10.2 Å². The Balaban J connectivity index is 2.09. The summed E-state index contributed by atoms with van der Waals surface area (Å²) in [6.07, 6.45) is 0. The highest BCUT2D eigenvalue weighted by molar-refractivity contribution is 9.10. The van der Waals surface area contributed by atoms with Crippen molar-refractivity contribution in [3.63, 3.8) is 0 Å². The topological polar surface area (TPSA) is 63.8 Å². The van der Waals surface area contributed by atoms with Crippen molar-refractivity contribution in [2.24, 2.45) is 11.7 Å². The summed E-state index contributed by atoms with van der Waals surface area (Å²) in [6, 6.07) is 11.9. The molecule has 100 valence electrons. The Morgan fingerprint density at radius 3 is 2.63 bits per heavy atom. The van der Waals surface area contributed by atoms with Gasteiger partial charge in [0.25, 0.3) is 0 Å². The smallest absolute Gasteiger partial charge is 0.148 e. The van der Waals surface area contributed by atoms with E-state index in [1.54, 1.807) is 0 Å². The van der Waals surface area contributed by atoms with E-state index in [-0.39, 0.29) is 0 Å². The largest absolute Gasteiger partial charge is 0.368 e. The van der Waals surface area contributed by atoms with Crippen LogP contribution in [0.1, 0.15) is 6.92 Å². The van der Waals surface area contributed by atoms with Crippen LogP contribution in [0.3, 0.4) is 0 Å². The van der Waals surface area contributed by atoms with Crippen molar-refractivity contribution in [1.29, 1.82) is 0 Å². The molecule has 5 heteroatoms. The first kappa shape index (κ1) is 14.0. The Morgan fingerprint density at radius 1 is 1.21 bits per heavy atom. The van der Waals surface area contributed by atoms with Gasteiger partial charge in [0.1, 0.15) is 5.82 Å². The Labute approximate surface area is 121 Å². The molecule has 0 saturated heterocycles. The third kappa shape index (κ3) is 3.75. The van der Waals surface area contributed by atoms with Crippen LogP contribution in [0.25, 0.3) is 11.3 Å². The van der Waals surface area contributed by atoms with Gasteiger partial charge in [-0.2, -0.15) is 0 Å².